The molecule has 2 aromatic carbocycles. The highest BCUT2D eigenvalue weighted by Crippen LogP contribution is 2.33. The van der Waals surface area contributed by atoms with Gasteiger partial charge in [-0.25, -0.2) is 4.39 Å². The molecule has 0 saturated heterocycles. The second-order valence-corrected chi connectivity index (χ2v) is 7.93. The Morgan fingerprint density at radius 2 is 1.94 bits per heavy atom. The Kier molecular flexibility index (Phi) is 7.78. The fraction of sp³-hybridized carbons (Fsp3) is 0.292. The van der Waals surface area contributed by atoms with Crippen molar-refractivity contribution in [3.63, 3.8) is 0 Å². The number of halogens is 1. The molecule has 0 saturated carbocycles. The summed E-state index contributed by atoms with van der Waals surface area (Å²) in [5.74, 6) is -1.02. The highest BCUT2D eigenvalue weighted by molar-refractivity contribution is 6.05. The number of nitrogens with zero attached hydrogens (tertiary/aromatic N) is 1. The van der Waals surface area contributed by atoms with Crippen LogP contribution in [0.4, 0.5) is 4.39 Å². The number of aliphatic hydroxyl groups is 1. The predicted octanol–water partition coefficient (Wildman–Crippen LogP) is 2.87. The topological polar surface area (TPSA) is 130 Å². The number of fused-ring (bicyclic) bond motifs is 1. The number of carbonyl (C=O) groups excluding carboxylic acids is 2. The first-order valence-electron chi connectivity index (χ1n) is 10.6. The van der Waals surface area contributed by atoms with Gasteiger partial charge in [-0.15, -0.1) is 0 Å². The maximum atomic E-state index is 13.2. The standard InChI is InChI=1S/C24H27FN4O4/c1-14(2)20(13-30)27-24(32)17-8-10-19-22(23(17)33-12-11-21(26)31)18(28-29-19)9-5-15-3-6-16(25)7-4-15/h3-10,14,20,30H,11-13H2,1-2H3,(H2,26,31)(H,27,32)(H,28,29)/b9-5+/t20-/m1/s1. The zero-order valence-corrected chi connectivity index (χ0v) is 18.5. The maximum Gasteiger partial charge on any atom is 0.255 e. The molecule has 8 nitrogen and oxygen atoms in total. The quantitative estimate of drug-likeness (QED) is 0.374. The Hall–Kier alpha value is -3.72. The van der Waals surface area contributed by atoms with E-state index in [-0.39, 0.29) is 42.7 Å². The van der Waals surface area contributed by atoms with Crippen molar-refractivity contribution in [2.45, 2.75) is 26.3 Å². The Balaban J connectivity index is 2.02. The number of aliphatic hydroxyl groups excluding tert-OH is 1. The summed E-state index contributed by atoms with van der Waals surface area (Å²) in [6.45, 7) is 3.56. The molecule has 0 radical (unpaired) electrons. The Labute approximate surface area is 190 Å². The monoisotopic (exact) mass is 454 g/mol. The summed E-state index contributed by atoms with van der Waals surface area (Å²) in [6, 6.07) is 8.84. The van der Waals surface area contributed by atoms with E-state index in [1.165, 1.54) is 12.1 Å². The van der Waals surface area contributed by atoms with Crippen molar-refractivity contribution < 1.29 is 23.8 Å². The summed E-state index contributed by atoms with van der Waals surface area (Å²) in [7, 11) is 0. The zero-order chi connectivity index (χ0) is 24.0. The van der Waals surface area contributed by atoms with Crippen LogP contribution in [-0.2, 0) is 4.79 Å². The molecule has 5 N–H and O–H groups in total. The Morgan fingerprint density at radius 1 is 1.21 bits per heavy atom. The van der Waals surface area contributed by atoms with Crippen molar-refractivity contribution in [2.24, 2.45) is 11.7 Å². The molecule has 0 spiro atoms. The van der Waals surface area contributed by atoms with Crippen molar-refractivity contribution in [3.05, 3.63) is 59.0 Å². The first-order chi connectivity index (χ1) is 15.8. The van der Waals surface area contributed by atoms with Gasteiger partial charge >= 0.3 is 0 Å². The maximum absolute atomic E-state index is 13.2. The molecule has 0 bridgehead atoms. The number of benzene rings is 2. The van der Waals surface area contributed by atoms with Crippen molar-refractivity contribution in [1.82, 2.24) is 15.5 Å². The van der Waals surface area contributed by atoms with E-state index in [9.17, 15) is 19.1 Å². The summed E-state index contributed by atoms with van der Waals surface area (Å²) in [6.07, 6.45) is 3.45. The number of aromatic nitrogens is 2. The highest BCUT2D eigenvalue weighted by atomic mass is 19.1. The van der Waals surface area contributed by atoms with E-state index >= 15 is 0 Å². The molecule has 1 heterocycles. The molecule has 0 aliphatic rings. The van der Waals surface area contributed by atoms with Gasteiger partial charge in [-0.2, -0.15) is 5.10 Å². The number of hydrogen-bond acceptors (Lipinski definition) is 5. The van der Waals surface area contributed by atoms with Crippen LogP contribution in [0.5, 0.6) is 5.75 Å². The number of H-pyrrole nitrogens is 1. The largest absolute Gasteiger partial charge is 0.491 e. The molecule has 1 atom stereocenters. The lowest BCUT2D eigenvalue weighted by molar-refractivity contribution is -0.118. The van der Waals surface area contributed by atoms with Gasteiger partial charge in [-0.05, 0) is 41.8 Å². The number of nitrogens with two attached hydrogens (primary N) is 1. The third-order valence-corrected chi connectivity index (χ3v) is 5.17. The molecule has 174 valence electrons. The fourth-order valence-corrected chi connectivity index (χ4v) is 3.23. The number of rotatable bonds is 10. The molecule has 0 aliphatic carbocycles. The predicted molar refractivity (Wildman–Crippen MR) is 124 cm³/mol. The molecule has 33 heavy (non-hydrogen) atoms. The Morgan fingerprint density at radius 3 is 2.58 bits per heavy atom. The summed E-state index contributed by atoms with van der Waals surface area (Å²) in [4.78, 5) is 24.3. The molecular weight excluding hydrogens is 427 g/mol. The van der Waals surface area contributed by atoms with Crippen LogP contribution >= 0.6 is 0 Å². The average Bonchev–Trinajstić information content (AvgIpc) is 3.20. The first-order valence-corrected chi connectivity index (χ1v) is 10.6. The van der Waals surface area contributed by atoms with E-state index in [2.05, 4.69) is 15.5 Å². The lowest BCUT2D eigenvalue weighted by atomic mass is 10.0. The molecule has 9 heteroatoms. The van der Waals surface area contributed by atoms with Gasteiger partial charge in [0, 0.05) is 0 Å². The Bertz CT molecular complexity index is 1160. The molecule has 3 rings (SSSR count). The van der Waals surface area contributed by atoms with E-state index < -0.39 is 17.9 Å². The number of ether oxygens (including phenoxy) is 1. The summed E-state index contributed by atoms with van der Waals surface area (Å²) < 4.78 is 19.0. The number of amides is 2. The first kappa shape index (κ1) is 23.9. The summed E-state index contributed by atoms with van der Waals surface area (Å²) in [5, 5.41) is 20.2. The van der Waals surface area contributed by atoms with Crippen LogP contribution in [0, 0.1) is 11.7 Å². The lowest BCUT2D eigenvalue weighted by Gasteiger charge is -2.21. The SMILES string of the molecule is CC(C)[C@@H](CO)NC(=O)c1ccc2[nH]nc(/C=C/c3ccc(F)cc3)c2c1OCCC(N)=O. The van der Waals surface area contributed by atoms with E-state index in [1.807, 2.05) is 13.8 Å². The van der Waals surface area contributed by atoms with Gasteiger partial charge < -0.3 is 20.9 Å². The minimum atomic E-state index is -0.531. The summed E-state index contributed by atoms with van der Waals surface area (Å²) >= 11 is 0. The molecule has 3 aromatic rings. The second kappa shape index (κ2) is 10.7. The van der Waals surface area contributed by atoms with Crippen LogP contribution < -0.4 is 15.8 Å². The highest BCUT2D eigenvalue weighted by Gasteiger charge is 2.23. The number of aromatic amines is 1. The molecule has 0 fully saturated rings. The molecule has 0 aliphatic heterocycles. The van der Waals surface area contributed by atoms with Gasteiger partial charge in [-0.1, -0.05) is 32.1 Å². The minimum Gasteiger partial charge on any atom is -0.491 e. The van der Waals surface area contributed by atoms with Gasteiger partial charge in [0.1, 0.15) is 11.6 Å². The van der Waals surface area contributed by atoms with Gasteiger partial charge in [0.2, 0.25) is 5.91 Å². The second-order valence-electron chi connectivity index (χ2n) is 7.93. The van der Waals surface area contributed by atoms with Crippen LogP contribution in [0.1, 0.15) is 41.9 Å². The van der Waals surface area contributed by atoms with Crippen LogP contribution in [0.2, 0.25) is 0 Å². The van der Waals surface area contributed by atoms with E-state index in [0.717, 1.165) is 5.56 Å². The summed E-state index contributed by atoms with van der Waals surface area (Å²) in [5.41, 5.74) is 7.37. The third kappa shape index (κ3) is 5.95. The van der Waals surface area contributed by atoms with E-state index in [0.29, 0.717) is 16.6 Å². The molecular formula is C24H27FN4O4. The van der Waals surface area contributed by atoms with Gasteiger partial charge in [0.25, 0.3) is 5.91 Å². The smallest absolute Gasteiger partial charge is 0.255 e. The minimum absolute atomic E-state index is 0.0186. The number of hydrogen-bond donors (Lipinski definition) is 4. The molecule has 0 unspecified atom stereocenters. The normalized spacial score (nSPS) is 12.4. The molecule has 2 amide bonds. The van der Waals surface area contributed by atoms with Crippen LogP contribution in [0.15, 0.2) is 36.4 Å². The van der Waals surface area contributed by atoms with Gasteiger partial charge in [0.05, 0.1) is 47.8 Å². The van der Waals surface area contributed by atoms with Gasteiger partial charge in [-0.3, -0.25) is 14.7 Å². The van der Waals surface area contributed by atoms with E-state index in [1.54, 1.807) is 36.4 Å². The van der Waals surface area contributed by atoms with Crippen molar-refractivity contribution in [1.29, 1.82) is 0 Å². The van der Waals surface area contributed by atoms with Crippen molar-refractivity contribution >= 4 is 34.9 Å². The number of nitrogens with one attached hydrogen (secondary N) is 2. The molecule has 1 aromatic heterocycles. The lowest BCUT2D eigenvalue weighted by Crippen LogP contribution is -2.41. The number of carbonyl (C=O) groups is 2. The van der Waals surface area contributed by atoms with E-state index in [4.69, 9.17) is 10.5 Å². The number of primary amides is 1. The van der Waals surface area contributed by atoms with Crippen LogP contribution in [-0.4, -0.2) is 46.4 Å². The zero-order valence-electron chi connectivity index (χ0n) is 18.5. The van der Waals surface area contributed by atoms with Crippen molar-refractivity contribution in [2.75, 3.05) is 13.2 Å². The van der Waals surface area contributed by atoms with Crippen LogP contribution in [0.25, 0.3) is 23.1 Å². The van der Waals surface area contributed by atoms with Gasteiger partial charge in [0.15, 0.2) is 0 Å². The van der Waals surface area contributed by atoms with Crippen LogP contribution in [0.3, 0.4) is 0 Å². The van der Waals surface area contributed by atoms with Crippen molar-refractivity contribution in [3.8, 4) is 5.75 Å². The third-order valence-electron chi connectivity index (χ3n) is 5.17. The fourth-order valence-electron chi connectivity index (χ4n) is 3.23. The average molecular weight is 455 g/mol.